The van der Waals surface area contributed by atoms with Crippen LogP contribution in [0.2, 0.25) is 0 Å². The minimum Gasteiger partial charge on any atom is -0.293 e. The molecule has 1 aliphatic carbocycles. The first-order valence-electron chi connectivity index (χ1n) is 4.17. The summed E-state index contributed by atoms with van der Waals surface area (Å²) in [7, 11) is 0. The van der Waals surface area contributed by atoms with Gasteiger partial charge in [-0.2, -0.15) is 0 Å². The topological polar surface area (TPSA) is 30.0 Å². The minimum atomic E-state index is -0.0811. The van der Waals surface area contributed by atoms with Gasteiger partial charge in [0.05, 0.1) is 5.92 Å². The van der Waals surface area contributed by atoms with E-state index < -0.39 is 0 Å². The summed E-state index contributed by atoms with van der Waals surface area (Å²) in [4.78, 5) is 15.6. The first-order chi connectivity index (χ1) is 6.38. The zero-order valence-electron chi connectivity index (χ0n) is 7.05. The average Bonchev–Trinajstić information content (AvgIpc) is 2.71. The van der Waals surface area contributed by atoms with Gasteiger partial charge in [0.2, 0.25) is 0 Å². The maximum atomic E-state index is 11.7. The Kier molecular flexibility index (Phi) is 2.04. The number of carbonyl (C=O) groups is 1. The van der Waals surface area contributed by atoms with Gasteiger partial charge in [0.15, 0.2) is 5.78 Å². The van der Waals surface area contributed by atoms with Gasteiger partial charge in [0.1, 0.15) is 0 Å². The van der Waals surface area contributed by atoms with Crippen molar-refractivity contribution >= 4 is 5.78 Å². The van der Waals surface area contributed by atoms with Crippen LogP contribution in [0.1, 0.15) is 10.4 Å². The van der Waals surface area contributed by atoms with E-state index in [9.17, 15) is 4.79 Å². The molecular weight excluding hydrogens is 162 g/mol. The molecule has 0 bridgehead atoms. The number of nitrogens with zero attached hydrogens (tertiary/aromatic N) is 1. The fraction of sp³-hybridized carbons (Fsp3) is 0.0909. The molecule has 1 aromatic heterocycles. The maximum absolute atomic E-state index is 11.7. The summed E-state index contributed by atoms with van der Waals surface area (Å²) in [5, 5.41) is 0. The van der Waals surface area contributed by atoms with E-state index in [2.05, 4.69) is 4.98 Å². The lowest BCUT2D eigenvalue weighted by molar-refractivity contribution is 0.0966. The van der Waals surface area contributed by atoms with Gasteiger partial charge in [-0.15, -0.1) is 0 Å². The Balaban J connectivity index is 2.23. The Morgan fingerprint density at radius 3 is 2.38 bits per heavy atom. The Morgan fingerprint density at radius 2 is 1.77 bits per heavy atom. The summed E-state index contributed by atoms with van der Waals surface area (Å²) < 4.78 is 0. The Hall–Kier alpha value is -1.70. The molecule has 0 aliphatic heterocycles. The van der Waals surface area contributed by atoms with E-state index >= 15 is 0 Å². The van der Waals surface area contributed by atoms with Crippen LogP contribution >= 0.6 is 0 Å². The summed E-state index contributed by atoms with van der Waals surface area (Å²) >= 11 is 0. The first kappa shape index (κ1) is 7.92. The highest BCUT2D eigenvalue weighted by Crippen LogP contribution is 2.15. The van der Waals surface area contributed by atoms with Crippen LogP contribution in [0, 0.1) is 5.92 Å². The molecule has 0 radical (unpaired) electrons. The first-order valence-corrected chi connectivity index (χ1v) is 4.17. The summed E-state index contributed by atoms with van der Waals surface area (Å²) in [5.74, 6) is 0.0507. The monoisotopic (exact) mass is 171 g/mol. The molecule has 1 heterocycles. The van der Waals surface area contributed by atoms with Crippen LogP contribution in [0.3, 0.4) is 0 Å². The summed E-state index contributed by atoms with van der Waals surface area (Å²) in [6.07, 6.45) is 10.8. The standard InChI is InChI=1S/C11H9NO/c13-11(9-3-1-2-4-9)10-5-7-12-8-6-10/h1-9H. The Bertz CT molecular complexity index is 353. The molecule has 64 valence electrons. The zero-order valence-corrected chi connectivity index (χ0v) is 7.05. The van der Waals surface area contributed by atoms with Crippen LogP contribution in [0.15, 0.2) is 48.8 Å². The highest BCUT2D eigenvalue weighted by molar-refractivity contribution is 6.00. The number of hydrogen-bond donors (Lipinski definition) is 0. The third-order valence-electron chi connectivity index (χ3n) is 2.02. The van der Waals surface area contributed by atoms with Gasteiger partial charge in [0, 0.05) is 18.0 Å². The van der Waals surface area contributed by atoms with E-state index in [-0.39, 0.29) is 11.7 Å². The van der Waals surface area contributed by atoms with Crippen LogP contribution in [-0.2, 0) is 0 Å². The molecule has 0 atom stereocenters. The van der Waals surface area contributed by atoms with Crippen molar-refractivity contribution < 1.29 is 4.79 Å². The molecule has 0 N–H and O–H groups in total. The molecule has 0 aromatic carbocycles. The van der Waals surface area contributed by atoms with Gasteiger partial charge in [-0.25, -0.2) is 0 Å². The van der Waals surface area contributed by atoms with Gasteiger partial charge in [-0.05, 0) is 12.1 Å². The van der Waals surface area contributed by atoms with Crippen molar-refractivity contribution in [3.05, 3.63) is 54.4 Å². The molecule has 1 aliphatic rings. The van der Waals surface area contributed by atoms with E-state index in [0.717, 1.165) is 5.56 Å². The normalized spacial score (nSPS) is 15.1. The van der Waals surface area contributed by atoms with E-state index in [4.69, 9.17) is 0 Å². The van der Waals surface area contributed by atoms with Crippen molar-refractivity contribution in [1.82, 2.24) is 4.98 Å². The van der Waals surface area contributed by atoms with Gasteiger partial charge in [-0.1, -0.05) is 24.3 Å². The lowest BCUT2D eigenvalue weighted by Crippen LogP contribution is -2.08. The van der Waals surface area contributed by atoms with Crippen LogP contribution < -0.4 is 0 Å². The number of allylic oxidation sites excluding steroid dienone is 4. The van der Waals surface area contributed by atoms with E-state index in [1.165, 1.54) is 0 Å². The number of pyridine rings is 1. The molecule has 0 unspecified atom stereocenters. The fourth-order valence-corrected chi connectivity index (χ4v) is 1.32. The van der Waals surface area contributed by atoms with E-state index in [1.807, 2.05) is 24.3 Å². The van der Waals surface area contributed by atoms with Gasteiger partial charge < -0.3 is 0 Å². The van der Waals surface area contributed by atoms with Crippen molar-refractivity contribution in [1.29, 1.82) is 0 Å². The third kappa shape index (κ3) is 1.56. The number of aromatic nitrogens is 1. The fourth-order valence-electron chi connectivity index (χ4n) is 1.32. The van der Waals surface area contributed by atoms with E-state index in [1.54, 1.807) is 24.5 Å². The number of Topliss-reactive ketones (excluding diaryl/α,β-unsaturated/α-hetero) is 1. The van der Waals surface area contributed by atoms with Crippen LogP contribution in [0.5, 0.6) is 0 Å². The Labute approximate surface area is 76.6 Å². The minimum absolute atomic E-state index is 0.0811. The maximum Gasteiger partial charge on any atom is 0.173 e. The van der Waals surface area contributed by atoms with Gasteiger partial charge >= 0.3 is 0 Å². The smallest absolute Gasteiger partial charge is 0.173 e. The van der Waals surface area contributed by atoms with Crippen LogP contribution in [0.25, 0.3) is 0 Å². The van der Waals surface area contributed by atoms with Crippen molar-refractivity contribution in [3.8, 4) is 0 Å². The summed E-state index contributed by atoms with van der Waals surface area (Å²) in [6, 6.07) is 3.48. The van der Waals surface area contributed by atoms with Crippen molar-refractivity contribution in [2.45, 2.75) is 0 Å². The zero-order chi connectivity index (χ0) is 9.10. The summed E-state index contributed by atoms with van der Waals surface area (Å²) in [6.45, 7) is 0. The molecule has 2 rings (SSSR count). The van der Waals surface area contributed by atoms with Gasteiger partial charge in [0.25, 0.3) is 0 Å². The number of rotatable bonds is 2. The van der Waals surface area contributed by atoms with Crippen molar-refractivity contribution in [2.75, 3.05) is 0 Å². The molecule has 0 fully saturated rings. The van der Waals surface area contributed by atoms with E-state index in [0.29, 0.717) is 0 Å². The van der Waals surface area contributed by atoms with Crippen molar-refractivity contribution in [2.24, 2.45) is 5.92 Å². The molecule has 2 nitrogen and oxygen atoms in total. The molecule has 0 saturated carbocycles. The second-order valence-electron chi connectivity index (χ2n) is 2.90. The molecule has 0 saturated heterocycles. The molecule has 0 spiro atoms. The predicted molar refractivity (Wildman–Crippen MR) is 50.3 cm³/mol. The largest absolute Gasteiger partial charge is 0.293 e. The third-order valence-corrected chi connectivity index (χ3v) is 2.02. The average molecular weight is 171 g/mol. The quantitative estimate of drug-likeness (QED) is 0.637. The molecule has 1 aromatic rings. The molecular formula is C11H9NO. The molecule has 2 heteroatoms. The summed E-state index contributed by atoms with van der Waals surface area (Å²) in [5.41, 5.74) is 0.719. The second-order valence-corrected chi connectivity index (χ2v) is 2.90. The Morgan fingerprint density at radius 1 is 1.15 bits per heavy atom. The SMILES string of the molecule is O=C(c1ccncc1)C1C=CC=C1. The van der Waals surface area contributed by atoms with Gasteiger partial charge in [-0.3, -0.25) is 9.78 Å². The molecule has 13 heavy (non-hydrogen) atoms. The highest BCUT2D eigenvalue weighted by Gasteiger charge is 2.15. The highest BCUT2D eigenvalue weighted by atomic mass is 16.1. The second kappa shape index (κ2) is 3.35. The predicted octanol–water partition coefficient (Wildman–Crippen LogP) is 2.01. The molecule has 0 amide bonds. The number of ketones is 1. The van der Waals surface area contributed by atoms with Crippen LogP contribution in [0.4, 0.5) is 0 Å². The lowest BCUT2D eigenvalue weighted by atomic mass is 10.0. The number of hydrogen-bond acceptors (Lipinski definition) is 2. The van der Waals surface area contributed by atoms with Crippen LogP contribution in [-0.4, -0.2) is 10.8 Å². The number of carbonyl (C=O) groups excluding carboxylic acids is 1. The van der Waals surface area contributed by atoms with Crippen molar-refractivity contribution in [3.63, 3.8) is 0 Å². The lowest BCUT2D eigenvalue weighted by Gasteiger charge is -2.02.